The fourth-order valence-corrected chi connectivity index (χ4v) is 2.54. The molecule has 0 aliphatic heterocycles. The maximum atomic E-state index is 5.89. The van der Waals surface area contributed by atoms with Crippen molar-refractivity contribution in [2.75, 3.05) is 5.32 Å². The van der Waals surface area contributed by atoms with Gasteiger partial charge >= 0.3 is 0 Å². The van der Waals surface area contributed by atoms with Gasteiger partial charge in [0.15, 0.2) is 0 Å². The van der Waals surface area contributed by atoms with Crippen molar-refractivity contribution in [3.05, 3.63) is 60.3 Å². The standard InChI is InChI=1S/C16H11ClN6/c17-14-9-10(1-5-18-14)22-16-21-8-4-13(23-16)11-2-6-19-15-12(11)3-7-20-15/h1-9H,(H,19,20)(H,18,21,22,23). The van der Waals surface area contributed by atoms with E-state index in [1.165, 1.54) is 0 Å². The summed E-state index contributed by atoms with van der Waals surface area (Å²) >= 11 is 5.89. The molecule has 0 unspecified atom stereocenters. The maximum absolute atomic E-state index is 5.89. The van der Waals surface area contributed by atoms with Crippen LogP contribution in [-0.2, 0) is 0 Å². The van der Waals surface area contributed by atoms with Crippen molar-refractivity contribution >= 4 is 34.3 Å². The zero-order chi connectivity index (χ0) is 15.6. The fraction of sp³-hybridized carbons (Fsp3) is 0. The predicted octanol–water partition coefficient (Wildman–Crippen LogP) is 3.81. The van der Waals surface area contributed by atoms with Crippen molar-refractivity contribution in [1.82, 2.24) is 24.9 Å². The first kappa shape index (κ1) is 13.7. The minimum atomic E-state index is 0.411. The lowest BCUT2D eigenvalue weighted by atomic mass is 10.1. The number of fused-ring (bicyclic) bond motifs is 1. The lowest BCUT2D eigenvalue weighted by molar-refractivity contribution is 1.17. The molecule has 0 atom stereocenters. The zero-order valence-electron chi connectivity index (χ0n) is 11.9. The molecule has 4 aromatic heterocycles. The highest BCUT2D eigenvalue weighted by Gasteiger charge is 2.08. The van der Waals surface area contributed by atoms with Crippen LogP contribution in [0.4, 0.5) is 11.6 Å². The normalized spacial score (nSPS) is 10.8. The summed E-state index contributed by atoms with van der Waals surface area (Å²) < 4.78 is 0. The van der Waals surface area contributed by atoms with Crippen molar-refractivity contribution in [3.8, 4) is 11.3 Å². The summed E-state index contributed by atoms with van der Waals surface area (Å²) in [6.07, 6.45) is 6.96. The molecule has 2 N–H and O–H groups in total. The molecule has 0 amide bonds. The Kier molecular flexibility index (Phi) is 3.36. The van der Waals surface area contributed by atoms with Crippen molar-refractivity contribution in [3.63, 3.8) is 0 Å². The molecular weight excluding hydrogens is 312 g/mol. The first-order valence-corrected chi connectivity index (χ1v) is 7.31. The number of rotatable bonds is 3. The molecule has 7 heteroatoms. The summed E-state index contributed by atoms with van der Waals surface area (Å²) in [5.74, 6) is 0.491. The molecule has 4 rings (SSSR count). The third kappa shape index (κ3) is 2.72. The van der Waals surface area contributed by atoms with Crippen LogP contribution < -0.4 is 5.32 Å². The van der Waals surface area contributed by atoms with Crippen molar-refractivity contribution in [2.45, 2.75) is 0 Å². The lowest BCUT2D eigenvalue weighted by Crippen LogP contribution is -1.98. The highest BCUT2D eigenvalue weighted by molar-refractivity contribution is 6.29. The molecule has 6 nitrogen and oxygen atoms in total. The van der Waals surface area contributed by atoms with E-state index in [0.29, 0.717) is 11.1 Å². The Bertz CT molecular complexity index is 981. The molecular formula is C16H11ClN6. The third-order valence-electron chi connectivity index (χ3n) is 3.37. The van der Waals surface area contributed by atoms with Gasteiger partial charge < -0.3 is 10.3 Å². The summed E-state index contributed by atoms with van der Waals surface area (Å²) in [6.45, 7) is 0. The van der Waals surface area contributed by atoms with E-state index in [1.54, 1.807) is 30.7 Å². The van der Waals surface area contributed by atoms with Crippen LogP contribution in [0.1, 0.15) is 0 Å². The average Bonchev–Trinajstić information content (AvgIpc) is 3.03. The van der Waals surface area contributed by atoms with E-state index in [4.69, 9.17) is 11.6 Å². The Morgan fingerprint density at radius 3 is 2.74 bits per heavy atom. The molecule has 0 bridgehead atoms. The molecule has 4 aromatic rings. The van der Waals surface area contributed by atoms with Crippen molar-refractivity contribution in [2.24, 2.45) is 0 Å². The van der Waals surface area contributed by atoms with Gasteiger partial charge in [0.2, 0.25) is 5.95 Å². The van der Waals surface area contributed by atoms with Crippen LogP contribution in [0, 0.1) is 0 Å². The zero-order valence-corrected chi connectivity index (χ0v) is 12.6. The van der Waals surface area contributed by atoms with Gasteiger partial charge in [0.1, 0.15) is 10.8 Å². The quantitative estimate of drug-likeness (QED) is 0.561. The van der Waals surface area contributed by atoms with Gasteiger partial charge in [-0.25, -0.2) is 19.9 Å². The van der Waals surface area contributed by atoms with Gasteiger partial charge in [0, 0.05) is 41.4 Å². The van der Waals surface area contributed by atoms with Gasteiger partial charge in [0.05, 0.1) is 5.69 Å². The molecule has 0 saturated heterocycles. The number of aromatic amines is 1. The number of nitrogens with one attached hydrogen (secondary N) is 2. The highest BCUT2D eigenvalue weighted by atomic mass is 35.5. The van der Waals surface area contributed by atoms with Crippen LogP contribution in [0.15, 0.2) is 55.1 Å². The SMILES string of the molecule is Clc1cc(Nc2nccc(-c3ccnc4[nH]ccc34)n2)ccn1. The summed E-state index contributed by atoms with van der Waals surface area (Å²) in [7, 11) is 0. The minimum Gasteiger partial charge on any atom is -0.346 e. The van der Waals surface area contributed by atoms with Gasteiger partial charge in [-0.05, 0) is 30.3 Å². The molecule has 0 radical (unpaired) electrons. The maximum Gasteiger partial charge on any atom is 0.227 e. The van der Waals surface area contributed by atoms with Crippen LogP contribution in [0.2, 0.25) is 5.15 Å². The smallest absolute Gasteiger partial charge is 0.227 e. The number of anilines is 2. The number of halogens is 1. The number of aromatic nitrogens is 5. The monoisotopic (exact) mass is 322 g/mol. The number of nitrogens with zero attached hydrogens (tertiary/aromatic N) is 4. The molecule has 4 heterocycles. The first-order chi connectivity index (χ1) is 11.3. The fourth-order valence-electron chi connectivity index (χ4n) is 2.36. The van der Waals surface area contributed by atoms with Crippen molar-refractivity contribution in [1.29, 1.82) is 0 Å². The molecule has 0 saturated carbocycles. The van der Waals surface area contributed by atoms with E-state index in [2.05, 4.69) is 30.2 Å². The van der Waals surface area contributed by atoms with E-state index in [9.17, 15) is 0 Å². The van der Waals surface area contributed by atoms with Crippen LogP contribution in [0.3, 0.4) is 0 Å². The predicted molar refractivity (Wildman–Crippen MR) is 89.6 cm³/mol. The number of hydrogen-bond acceptors (Lipinski definition) is 5. The number of H-pyrrole nitrogens is 1. The van der Waals surface area contributed by atoms with E-state index in [0.717, 1.165) is 28.0 Å². The topological polar surface area (TPSA) is 79.4 Å². The summed E-state index contributed by atoms with van der Waals surface area (Å²) in [6, 6.07) is 9.31. The van der Waals surface area contributed by atoms with Gasteiger partial charge in [-0.3, -0.25) is 0 Å². The number of hydrogen-bond donors (Lipinski definition) is 2. The van der Waals surface area contributed by atoms with Crippen LogP contribution in [0.25, 0.3) is 22.3 Å². The average molecular weight is 323 g/mol. The van der Waals surface area contributed by atoms with Crippen molar-refractivity contribution < 1.29 is 0 Å². The second-order valence-electron chi connectivity index (χ2n) is 4.86. The Labute approximate surface area is 136 Å². The van der Waals surface area contributed by atoms with Gasteiger partial charge in [0.25, 0.3) is 0 Å². The molecule has 0 aliphatic carbocycles. The van der Waals surface area contributed by atoms with Crippen LogP contribution >= 0.6 is 11.6 Å². The molecule has 112 valence electrons. The van der Waals surface area contributed by atoms with Crippen LogP contribution in [0.5, 0.6) is 0 Å². The molecule has 0 fully saturated rings. The Balaban J connectivity index is 1.73. The van der Waals surface area contributed by atoms with E-state index in [-0.39, 0.29) is 0 Å². The number of pyridine rings is 2. The lowest BCUT2D eigenvalue weighted by Gasteiger charge is -2.07. The molecule has 23 heavy (non-hydrogen) atoms. The third-order valence-corrected chi connectivity index (χ3v) is 3.58. The van der Waals surface area contributed by atoms with Crippen LogP contribution in [-0.4, -0.2) is 24.9 Å². The summed E-state index contributed by atoms with van der Waals surface area (Å²) in [5, 5.41) is 4.56. The second-order valence-corrected chi connectivity index (χ2v) is 5.24. The van der Waals surface area contributed by atoms with E-state index in [1.807, 2.05) is 24.4 Å². The molecule has 0 spiro atoms. The Hall–Kier alpha value is -2.99. The molecule has 0 aromatic carbocycles. The van der Waals surface area contributed by atoms with E-state index < -0.39 is 0 Å². The van der Waals surface area contributed by atoms with Gasteiger partial charge in [-0.15, -0.1) is 0 Å². The highest BCUT2D eigenvalue weighted by Crippen LogP contribution is 2.26. The molecule has 0 aliphatic rings. The Morgan fingerprint density at radius 2 is 1.83 bits per heavy atom. The first-order valence-electron chi connectivity index (χ1n) is 6.94. The van der Waals surface area contributed by atoms with Gasteiger partial charge in [-0.1, -0.05) is 11.6 Å². The second kappa shape index (κ2) is 5.66. The van der Waals surface area contributed by atoms with E-state index >= 15 is 0 Å². The minimum absolute atomic E-state index is 0.411. The Morgan fingerprint density at radius 1 is 0.957 bits per heavy atom. The largest absolute Gasteiger partial charge is 0.346 e. The summed E-state index contributed by atoms with van der Waals surface area (Å²) in [5.41, 5.74) is 3.42. The van der Waals surface area contributed by atoms with Gasteiger partial charge in [-0.2, -0.15) is 0 Å². The summed E-state index contributed by atoms with van der Waals surface area (Å²) in [4.78, 5) is 20.2.